The Morgan fingerprint density at radius 1 is 0.522 bits per heavy atom. The van der Waals surface area contributed by atoms with Crippen molar-refractivity contribution in [2.45, 2.75) is 194 Å². The summed E-state index contributed by atoms with van der Waals surface area (Å²) in [4.78, 5) is 24.0. The minimum absolute atomic E-state index is 0.128. The molecule has 0 rings (SSSR count). The topological polar surface area (TPSA) is 83.1 Å². The summed E-state index contributed by atoms with van der Waals surface area (Å²) in [6.07, 6.45) is 30.8. The van der Waals surface area contributed by atoms with E-state index < -0.39 is 6.09 Å². The van der Waals surface area contributed by atoms with Crippen LogP contribution in [0.3, 0.4) is 0 Å². The van der Waals surface area contributed by atoms with Gasteiger partial charge in [0.1, 0.15) is 12.7 Å². The fraction of sp³-hybridized carbons (Fsp3) is 0.949. The van der Waals surface area contributed by atoms with Crippen molar-refractivity contribution in [1.82, 2.24) is 5.32 Å². The summed E-state index contributed by atoms with van der Waals surface area (Å²) < 4.78 is 22.6. The maximum absolute atomic E-state index is 12.2. The number of unbranched alkanes of at least 4 members (excludes halogenated alkanes) is 22. The van der Waals surface area contributed by atoms with Crippen LogP contribution in [0, 0.1) is 5.92 Å². The van der Waals surface area contributed by atoms with Crippen molar-refractivity contribution >= 4 is 12.1 Å². The lowest BCUT2D eigenvalue weighted by Crippen LogP contribution is -2.33. The second-order valence-electron chi connectivity index (χ2n) is 13.7. The molecule has 0 aliphatic carbocycles. The number of carbonyl (C=O) groups excluding carboxylic acids is 2. The molecule has 0 heterocycles. The van der Waals surface area contributed by atoms with Crippen molar-refractivity contribution in [3.05, 3.63) is 0 Å². The highest BCUT2D eigenvalue weighted by Crippen LogP contribution is 2.13. The normalized spacial score (nSPS) is 12.0. The van der Waals surface area contributed by atoms with Crippen LogP contribution in [0.1, 0.15) is 188 Å². The van der Waals surface area contributed by atoms with E-state index >= 15 is 0 Å². The van der Waals surface area contributed by atoms with Gasteiger partial charge in [0, 0.05) is 19.8 Å². The van der Waals surface area contributed by atoms with Crippen LogP contribution >= 0.6 is 0 Å². The van der Waals surface area contributed by atoms with E-state index in [-0.39, 0.29) is 37.6 Å². The molecule has 0 aliphatic heterocycles. The molecule has 0 bridgehead atoms. The molecule has 0 aromatic rings. The van der Waals surface area contributed by atoms with Gasteiger partial charge in [-0.3, -0.25) is 4.79 Å². The molecule has 0 aromatic heterocycles. The van der Waals surface area contributed by atoms with Crippen LogP contribution in [0.25, 0.3) is 0 Å². The first-order valence-electron chi connectivity index (χ1n) is 19.7. The predicted molar refractivity (Wildman–Crippen MR) is 192 cm³/mol. The van der Waals surface area contributed by atoms with E-state index in [1.165, 1.54) is 135 Å². The standard InChI is InChI=1S/C39H77NO6/c1-5-7-9-11-13-15-17-19-21-23-25-27-31-43-34-37(35-46-39(42)40-30-29-38(41)45-33-36(3)4)44-32-28-26-24-22-20-18-16-14-12-10-8-6-2/h36-37H,5-35H2,1-4H3,(H,40,42). The number of nitrogens with one attached hydrogen (secondary N) is 1. The first kappa shape index (κ1) is 44.7. The average molecular weight is 656 g/mol. The largest absolute Gasteiger partial charge is 0.465 e. The number of hydrogen-bond donors (Lipinski definition) is 1. The molecule has 274 valence electrons. The number of rotatable bonds is 36. The maximum atomic E-state index is 12.2. The molecule has 0 fully saturated rings. The first-order valence-corrected chi connectivity index (χ1v) is 19.7. The third-order valence-electron chi connectivity index (χ3n) is 8.37. The zero-order valence-electron chi connectivity index (χ0n) is 31.0. The van der Waals surface area contributed by atoms with Crippen LogP contribution < -0.4 is 5.32 Å². The molecule has 0 radical (unpaired) electrons. The van der Waals surface area contributed by atoms with E-state index in [1.807, 2.05) is 13.8 Å². The van der Waals surface area contributed by atoms with Gasteiger partial charge in [-0.2, -0.15) is 0 Å². The smallest absolute Gasteiger partial charge is 0.407 e. The Kier molecular flexibility index (Phi) is 35.4. The summed E-state index contributed by atoms with van der Waals surface area (Å²) in [6, 6.07) is 0. The van der Waals surface area contributed by atoms with Gasteiger partial charge in [-0.05, 0) is 18.8 Å². The quantitative estimate of drug-likeness (QED) is 0.0534. The summed E-state index contributed by atoms with van der Waals surface area (Å²) in [5.74, 6) is -0.0283. The lowest BCUT2D eigenvalue weighted by molar-refractivity contribution is -0.144. The molecule has 0 saturated carbocycles. The van der Waals surface area contributed by atoms with Crippen molar-refractivity contribution in [2.75, 3.05) is 39.6 Å². The Hall–Kier alpha value is -1.34. The van der Waals surface area contributed by atoms with Gasteiger partial charge in [0.25, 0.3) is 0 Å². The fourth-order valence-electron chi connectivity index (χ4n) is 5.42. The minimum Gasteiger partial charge on any atom is -0.465 e. The molecule has 0 aromatic carbocycles. The summed E-state index contributed by atoms with van der Waals surface area (Å²) in [6.45, 7) is 11.0. The van der Waals surface area contributed by atoms with E-state index in [0.717, 1.165) is 19.3 Å². The van der Waals surface area contributed by atoms with Crippen LogP contribution in [-0.4, -0.2) is 57.7 Å². The Bertz CT molecular complexity index is 644. The third-order valence-corrected chi connectivity index (χ3v) is 8.37. The monoisotopic (exact) mass is 656 g/mol. The lowest BCUT2D eigenvalue weighted by atomic mass is 10.1. The second kappa shape index (κ2) is 36.5. The third kappa shape index (κ3) is 35.5. The van der Waals surface area contributed by atoms with E-state index in [2.05, 4.69) is 19.2 Å². The number of amides is 1. The number of hydrogen-bond acceptors (Lipinski definition) is 6. The molecule has 1 unspecified atom stereocenters. The summed E-state index contributed by atoms with van der Waals surface area (Å²) in [5, 5.41) is 2.64. The van der Waals surface area contributed by atoms with Gasteiger partial charge >= 0.3 is 12.1 Å². The molecule has 1 amide bonds. The van der Waals surface area contributed by atoms with E-state index in [0.29, 0.717) is 26.4 Å². The van der Waals surface area contributed by atoms with Gasteiger partial charge in [0.05, 0.1) is 19.6 Å². The van der Waals surface area contributed by atoms with Gasteiger partial charge < -0.3 is 24.3 Å². The Balaban J connectivity index is 4.11. The van der Waals surface area contributed by atoms with Crippen LogP contribution in [0.4, 0.5) is 4.79 Å². The molecular formula is C39H77NO6. The molecule has 46 heavy (non-hydrogen) atoms. The summed E-state index contributed by atoms with van der Waals surface area (Å²) >= 11 is 0. The summed E-state index contributed by atoms with van der Waals surface area (Å²) in [7, 11) is 0. The Labute approximate surface area is 285 Å². The number of esters is 1. The molecule has 0 aliphatic rings. The molecule has 7 nitrogen and oxygen atoms in total. The molecule has 1 N–H and O–H groups in total. The van der Waals surface area contributed by atoms with Crippen LogP contribution in [-0.2, 0) is 23.7 Å². The highest BCUT2D eigenvalue weighted by atomic mass is 16.6. The van der Waals surface area contributed by atoms with E-state index in [9.17, 15) is 9.59 Å². The fourth-order valence-corrected chi connectivity index (χ4v) is 5.42. The Morgan fingerprint density at radius 3 is 1.41 bits per heavy atom. The van der Waals surface area contributed by atoms with Crippen molar-refractivity contribution in [2.24, 2.45) is 5.92 Å². The lowest BCUT2D eigenvalue weighted by Gasteiger charge is -2.18. The first-order chi connectivity index (χ1) is 22.5. The molecule has 1 atom stereocenters. The van der Waals surface area contributed by atoms with E-state index in [4.69, 9.17) is 18.9 Å². The van der Waals surface area contributed by atoms with Crippen molar-refractivity contribution in [1.29, 1.82) is 0 Å². The van der Waals surface area contributed by atoms with Gasteiger partial charge in [0.15, 0.2) is 0 Å². The van der Waals surface area contributed by atoms with Crippen molar-refractivity contribution < 1.29 is 28.5 Å². The summed E-state index contributed by atoms with van der Waals surface area (Å²) in [5.41, 5.74) is 0. The van der Waals surface area contributed by atoms with Gasteiger partial charge in [0.2, 0.25) is 0 Å². The van der Waals surface area contributed by atoms with Crippen LogP contribution in [0.2, 0.25) is 0 Å². The molecular weight excluding hydrogens is 578 g/mol. The van der Waals surface area contributed by atoms with Crippen molar-refractivity contribution in [3.63, 3.8) is 0 Å². The highest BCUT2D eigenvalue weighted by molar-refractivity contribution is 5.71. The van der Waals surface area contributed by atoms with Crippen LogP contribution in [0.5, 0.6) is 0 Å². The van der Waals surface area contributed by atoms with Gasteiger partial charge in [-0.15, -0.1) is 0 Å². The highest BCUT2D eigenvalue weighted by Gasteiger charge is 2.14. The maximum Gasteiger partial charge on any atom is 0.407 e. The average Bonchev–Trinajstić information content (AvgIpc) is 3.04. The van der Waals surface area contributed by atoms with Crippen molar-refractivity contribution in [3.8, 4) is 0 Å². The second-order valence-corrected chi connectivity index (χ2v) is 13.7. The molecule has 7 heteroatoms. The number of carbonyl (C=O) groups is 2. The number of alkyl carbamates (subject to hydrolysis) is 1. The van der Waals surface area contributed by atoms with E-state index in [1.54, 1.807) is 0 Å². The van der Waals surface area contributed by atoms with Gasteiger partial charge in [-0.1, -0.05) is 169 Å². The minimum atomic E-state index is -0.545. The number of ether oxygens (including phenoxy) is 4. The predicted octanol–water partition coefficient (Wildman–Crippen LogP) is 11.1. The zero-order chi connectivity index (χ0) is 33.8. The zero-order valence-corrected chi connectivity index (χ0v) is 31.0. The Morgan fingerprint density at radius 2 is 0.957 bits per heavy atom. The van der Waals surface area contributed by atoms with Crippen LogP contribution in [0.15, 0.2) is 0 Å². The SMILES string of the molecule is CCCCCCCCCCCCCCOCC(COC(=O)NCCC(=O)OCC(C)C)OCCCCCCCCCCCCCC. The molecule has 0 saturated heterocycles. The van der Waals surface area contributed by atoms with Gasteiger partial charge in [-0.25, -0.2) is 4.79 Å². The molecule has 0 spiro atoms.